The van der Waals surface area contributed by atoms with Crippen LogP contribution in [-0.2, 0) is 6.54 Å². The number of hydrogen-bond acceptors (Lipinski definition) is 2. The number of aryl methyl sites for hydroxylation is 1. The first kappa shape index (κ1) is 14.2. The molecule has 20 heavy (non-hydrogen) atoms. The standard InChI is InChI=1S/C16H21N3O/c1-11(2)19-10-14(17)8-15(19)16(20)18-9-13-6-4-5-12(3)7-13/h4-8,10-11H,9,17H2,1-3H3,(H,18,20). The molecule has 0 radical (unpaired) electrons. The SMILES string of the molecule is Cc1cccc(CNC(=O)c2cc(N)cn2C(C)C)c1. The van der Waals surface area contributed by atoms with Crippen molar-refractivity contribution in [1.82, 2.24) is 9.88 Å². The van der Waals surface area contributed by atoms with Crippen LogP contribution in [0, 0.1) is 6.92 Å². The van der Waals surface area contributed by atoms with Crippen LogP contribution in [0.5, 0.6) is 0 Å². The fourth-order valence-electron chi connectivity index (χ4n) is 2.20. The number of nitrogens with one attached hydrogen (secondary N) is 1. The second-order valence-corrected chi connectivity index (χ2v) is 5.33. The van der Waals surface area contributed by atoms with Gasteiger partial charge in [0.2, 0.25) is 0 Å². The summed E-state index contributed by atoms with van der Waals surface area (Å²) < 4.78 is 1.89. The quantitative estimate of drug-likeness (QED) is 0.898. The van der Waals surface area contributed by atoms with Gasteiger partial charge in [-0.25, -0.2) is 0 Å². The third-order valence-corrected chi connectivity index (χ3v) is 3.19. The van der Waals surface area contributed by atoms with Crippen molar-refractivity contribution in [2.45, 2.75) is 33.4 Å². The minimum absolute atomic E-state index is 0.100. The van der Waals surface area contributed by atoms with E-state index in [4.69, 9.17) is 5.73 Å². The fraction of sp³-hybridized carbons (Fsp3) is 0.312. The van der Waals surface area contributed by atoms with Crippen molar-refractivity contribution in [3.8, 4) is 0 Å². The van der Waals surface area contributed by atoms with Crippen molar-refractivity contribution in [1.29, 1.82) is 0 Å². The smallest absolute Gasteiger partial charge is 0.268 e. The number of nitrogens with zero attached hydrogens (tertiary/aromatic N) is 1. The zero-order valence-electron chi connectivity index (χ0n) is 12.2. The van der Waals surface area contributed by atoms with Crippen LogP contribution < -0.4 is 11.1 Å². The highest BCUT2D eigenvalue weighted by Crippen LogP contribution is 2.16. The van der Waals surface area contributed by atoms with Crippen molar-refractivity contribution in [2.75, 3.05) is 5.73 Å². The molecule has 0 aliphatic carbocycles. The van der Waals surface area contributed by atoms with Crippen molar-refractivity contribution in [3.05, 3.63) is 53.3 Å². The number of carbonyl (C=O) groups excluding carboxylic acids is 1. The molecule has 4 nitrogen and oxygen atoms in total. The Balaban J connectivity index is 2.09. The zero-order valence-corrected chi connectivity index (χ0v) is 12.2. The summed E-state index contributed by atoms with van der Waals surface area (Å²) in [5, 5.41) is 2.94. The van der Waals surface area contributed by atoms with E-state index in [9.17, 15) is 4.79 Å². The summed E-state index contributed by atoms with van der Waals surface area (Å²) in [6.07, 6.45) is 1.80. The molecule has 0 saturated carbocycles. The minimum atomic E-state index is -0.100. The van der Waals surface area contributed by atoms with Crippen LogP contribution in [0.4, 0.5) is 5.69 Å². The Hall–Kier alpha value is -2.23. The molecule has 1 aromatic carbocycles. The molecule has 0 fully saturated rings. The Morgan fingerprint density at radius 3 is 2.75 bits per heavy atom. The first-order chi connectivity index (χ1) is 9.47. The van der Waals surface area contributed by atoms with Crippen molar-refractivity contribution in [3.63, 3.8) is 0 Å². The monoisotopic (exact) mass is 271 g/mol. The summed E-state index contributed by atoms with van der Waals surface area (Å²) in [7, 11) is 0. The normalized spacial score (nSPS) is 10.8. The Morgan fingerprint density at radius 1 is 1.35 bits per heavy atom. The van der Waals surface area contributed by atoms with Crippen LogP contribution in [0.2, 0.25) is 0 Å². The first-order valence-corrected chi connectivity index (χ1v) is 6.78. The Morgan fingerprint density at radius 2 is 2.10 bits per heavy atom. The molecule has 2 rings (SSSR count). The van der Waals surface area contributed by atoms with Gasteiger partial charge in [0, 0.05) is 18.8 Å². The van der Waals surface area contributed by atoms with Gasteiger partial charge in [-0.05, 0) is 32.4 Å². The van der Waals surface area contributed by atoms with Crippen LogP contribution in [0.1, 0.15) is 41.5 Å². The molecule has 0 aliphatic rings. The molecular weight excluding hydrogens is 250 g/mol. The predicted molar refractivity (Wildman–Crippen MR) is 81.6 cm³/mol. The molecule has 0 bridgehead atoms. The molecule has 4 heteroatoms. The molecule has 1 aromatic heterocycles. The minimum Gasteiger partial charge on any atom is -0.397 e. The third-order valence-electron chi connectivity index (χ3n) is 3.19. The summed E-state index contributed by atoms with van der Waals surface area (Å²) in [6, 6.07) is 10.0. The molecule has 0 atom stereocenters. The van der Waals surface area contributed by atoms with E-state index < -0.39 is 0 Å². The maximum atomic E-state index is 12.3. The second kappa shape index (κ2) is 5.82. The average molecular weight is 271 g/mol. The molecule has 0 spiro atoms. The van der Waals surface area contributed by atoms with E-state index in [-0.39, 0.29) is 11.9 Å². The van der Waals surface area contributed by atoms with Crippen LogP contribution in [0.25, 0.3) is 0 Å². The number of nitrogens with two attached hydrogens (primary N) is 1. The number of hydrogen-bond donors (Lipinski definition) is 2. The summed E-state index contributed by atoms with van der Waals surface area (Å²) in [6.45, 7) is 6.60. The lowest BCUT2D eigenvalue weighted by Gasteiger charge is -2.12. The maximum absolute atomic E-state index is 12.3. The molecule has 0 aliphatic heterocycles. The van der Waals surface area contributed by atoms with Crippen molar-refractivity contribution >= 4 is 11.6 Å². The van der Waals surface area contributed by atoms with E-state index in [0.717, 1.165) is 5.56 Å². The largest absolute Gasteiger partial charge is 0.397 e. The van der Waals surface area contributed by atoms with Gasteiger partial charge >= 0.3 is 0 Å². The topological polar surface area (TPSA) is 60.1 Å². The van der Waals surface area contributed by atoms with Crippen LogP contribution in [-0.4, -0.2) is 10.5 Å². The number of anilines is 1. The number of nitrogen functional groups attached to an aromatic ring is 1. The summed E-state index contributed by atoms with van der Waals surface area (Å²) in [5.74, 6) is -0.100. The van der Waals surface area contributed by atoms with E-state index in [1.54, 1.807) is 12.3 Å². The number of aromatic nitrogens is 1. The molecule has 0 unspecified atom stereocenters. The van der Waals surface area contributed by atoms with Gasteiger partial charge in [-0.2, -0.15) is 0 Å². The highest BCUT2D eigenvalue weighted by atomic mass is 16.1. The van der Waals surface area contributed by atoms with Gasteiger partial charge in [0.1, 0.15) is 5.69 Å². The highest BCUT2D eigenvalue weighted by Gasteiger charge is 2.14. The lowest BCUT2D eigenvalue weighted by molar-refractivity contribution is 0.0940. The molecule has 0 saturated heterocycles. The maximum Gasteiger partial charge on any atom is 0.268 e. The lowest BCUT2D eigenvalue weighted by atomic mass is 10.1. The average Bonchev–Trinajstić information content (AvgIpc) is 2.78. The van der Waals surface area contributed by atoms with E-state index in [1.165, 1.54) is 5.56 Å². The first-order valence-electron chi connectivity index (χ1n) is 6.78. The van der Waals surface area contributed by atoms with E-state index in [1.807, 2.05) is 43.5 Å². The zero-order chi connectivity index (χ0) is 14.7. The third kappa shape index (κ3) is 3.20. The van der Waals surface area contributed by atoms with Crippen LogP contribution >= 0.6 is 0 Å². The Labute approximate surface area is 119 Å². The Kier molecular flexibility index (Phi) is 4.13. The highest BCUT2D eigenvalue weighted by molar-refractivity contribution is 5.93. The number of rotatable bonds is 4. The van der Waals surface area contributed by atoms with Gasteiger partial charge in [0.25, 0.3) is 5.91 Å². The number of amides is 1. The summed E-state index contributed by atoms with van der Waals surface area (Å²) in [5.41, 5.74) is 9.27. The van der Waals surface area contributed by atoms with E-state index in [2.05, 4.69) is 11.4 Å². The van der Waals surface area contributed by atoms with Gasteiger partial charge in [-0.15, -0.1) is 0 Å². The molecule has 106 valence electrons. The molecule has 2 aromatic rings. The van der Waals surface area contributed by atoms with Gasteiger partial charge in [-0.3, -0.25) is 4.79 Å². The van der Waals surface area contributed by atoms with Crippen LogP contribution in [0.15, 0.2) is 36.5 Å². The lowest BCUT2D eigenvalue weighted by Crippen LogP contribution is -2.25. The van der Waals surface area contributed by atoms with Crippen molar-refractivity contribution in [2.24, 2.45) is 0 Å². The summed E-state index contributed by atoms with van der Waals surface area (Å²) in [4.78, 5) is 12.3. The molecular formula is C16H21N3O. The Bertz CT molecular complexity index is 614. The number of carbonyl (C=O) groups is 1. The number of benzene rings is 1. The predicted octanol–water partition coefficient (Wildman–Crippen LogP) is 2.89. The molecule has 3 N–H and O–H groups in total. The van der Waals surface area contributed by atoms with Gasteiger partial charge in [-0.1, -0.05) is 29.8 Å². The second-order valence-electron chi connectivity index (χ2n) is 5.33. The van der Waals surface area contributed by atoms with Gasteiger partial charge < -0.3 is 15.6 Å². The van der Waals surface area contributed by atoms with E-state index in [0.29, 0.717) is 17.9 Å². The molecule has 1 amide bonds. The molecule has 1 heterocycles. The summed E-state index contributed by atoms with van der Waals surface area (Å²) >= 11 is 0. The van der Waals surface area contributed by atoms with Gasteiger partial charge in [0.15, 0.2) is 0 Å². The fourth-order valence-corrected chi connectivity index (χ4v) is 2.20. The van der Waals surface area contributed by atoms with E-state index >= 15 is 0 Å². The van der Waals surface area contributed by atoms with Crippen molar-refractivity contribution < 1.29 is 4.79 Å². The van der Waals surface area contributed by atoms with Gasteiger partial charge in [0.05, 0.1) is 5.69 Å². The van der Waals surface area contributed by atoms with Crippen LogP contribution in [0.3, 0.4) is 0 Å².